The van der Waals surface area contributed by atoms with Crippen molar-refractivity contribution in [1.29, 1.82) is 0 Å². The highest BCUT2D eigenvalue weighted by Gasteiger charge is 2.22. The Morgan fingerprint density at radius 1 is 0.559 bits per heavy atom. The second-order valence-corrected chi connectivity index (χ2v) is 13.8. The van der Waals surface area contributed by atoms with Crippen molar-refractivity contribution in [1.82, 2.24) is 0 Å². The van der Waals surface area contributed by atoms with Crippen molar-refractivity contribution in [2.45, 2.75) is 90.9 Å². The van der Waals surface area contributed by atoms with E-state index < -0.39 is 23.9 Å². The molecule has 0 amide bonds. The molecule has 0 saturated heterocycles. The van der Waals surface area contributed by atoms with Gasteiger partial charge in [0, 0.05) is 30.2 Å². The lowest BCUT2D eigenvalue weighted by atomic mass is 9.93. The van der Waals surface area contributed by atoms with E-state index in [1.807, 2.05) is 6.92 Å². The molecule has 11 nitrogen and oxygen atoms in total. The summed E-state index contributed by atoms with van der Waals surface area (Å²) in [6.45, 7) is 10.2. The van der Waals surface area contributed by atoms with E-state index in [1.165, 1.54) is 81.7 Å². The van der Waals surface area contributed by atoms with Gasteiger partial charge in [0.05, 0.1) is 5.56 Å². The zero-order valence-corrected chi connectivity index (χ0v) is 34.2. The first-order chi connectivity index (χ1) is 28.6. The normalized spacial score (nSPS) is 11.4. The van der Waals surface area contributed by atoms with Gasteiger partial charge in [-0.1, -0.05) is 122 Å². The minimum atomic E-state index is -0.712. The number of hydrogen-bond donors (Lipinski definition) is 0. The maximum absolute atomic E-state index is 13.8. The van der Waals surface area contributed by atoms with Gasteiger partial charge in [-0.05, 0) is 72.2 Å². The predicted molar refractivity (Wildman–Crippen MR) is 227 cm³/mol. The van der Waals surface area contributed by atoms with E-state index in [-0.39, 0.29) is 42.3 Å². The Labute approximate surface area is 347 Å². The fraction of sp³-hybridized carbons (Fsp3) is 0.354. The van der Waals surface area contributed by atoms with Crippen molar-refractivity contribution >= 4 is 41.8 Å². The molecule has 0 radical (unpaired) electrons. The van der Waals surface area contributed by atoms with Crippen LogP contribution in [0.25, 0.3) is 12.2 Å². The summed E-state index contributed by atoms with van der Waals surface area (Å²) >= 11 is 0. The molecule has 59 heavy (non-hydrogen) atoms. The molecular weight excluding hydrogens is 753 g/mol. The Kier molecular flexibility index (Phi) is 21.9. The van der Waals surface area contributed by atoms with Crippen LogP contribution in [0.1, 0.15) is 112 Å². The van der Waals surface area contributed by atoms with Crippen LogP contribution < -0.4 is 18.9 Å². The topological polar surface area (TPSA) is 141 Å². The van der Waals surface area contributed by atoms with Gasteiger partial charge in [0.1, 0.15) is 23.0 Å². The van der Waals surface area contributed by atoms with E-state index in [4.69, 9.17) is 28.4 Å². The van der Waals surface area contributed by atoms with Gasteiger partial charge < -0.3 is 28.4 Å². The summed E-state index contributed by atoms with van der Waals surface area (Å²) in [5.74, 6) is -2.13. The fourth-order valence-electron chi connectivity index (χ4n) is 5.77. The summed E-state index contributed by atoms with van der Waals surface area (Å²) in [4.78, 5) is 62.0. The first kappa shape index (κ1) is 47.1. The molecule has 314 valence electrons. The molecule has 0 bridgehead atoms. The van der Waals surface area contributed by atoms with E-state index in [9.17, 15) is 24.0 Å². The van der Waals surface area contributed by atoms with E-state index in [0.29, 0.717) is 29.0 Å². The zero-order chi connectivity index (χ0) is 42.7. The van der Waals surface area contributed by atoms with Crippen LogP contribution in [-0.4, -0.2) is 43.2 Å². The van der Waals surface area contributed by atoms with E-state index in [1.54, 1.807) is 60.7 Å². The average molecular weight is 809 g/mol. The monoisotopic (exact) mass is 808 g/mol. The van der Waals surface area contributed by atoms with E-state index >= 15 is 0 Å². The molecule has 0 N–H and O–H groups in total. The molecule has 0 fully saturated rings. The third kappa shape index (κ3) is 19.2. The largest absolute Gasteiger partial charge is 0.457 e. The highest BCUT2D eigenvalue weighted by Crippen LogP contribution is 2.29. The third-order valence-electron chi connectivity index (χ3n) is 9.10. The summed E-state index contributed by atoms with van der Waals surface area (Å²) in [5, 5.41) is 0. The highest BCUT2D eigenvalue weighted by atomic mass is 16.7. The number of ketones is 1. The molecule has 11 heteroatoms. The summed E-state index contributed by atoms with van der Waals surface area (Å²) < 4.78 is 31.5. The standard InChI is InChI=1S/C48H56O11/c1-5-8-9-10-11-12-13-14-15-16-17-18-36(4)48(53)42-33-41(58-46(51)31-23-37-19-25-39(26-20-37)54-34-56-44(49)6-2)29-30-43(42)59-47(52)32-24-38-21-27-40(28-22-38)55-35-57-45(50)7-3/h6-7,19-33,36H,2-3,5,8-18,34-35H2,1,4H3. The minimum absolute atomic E-state index is 0.0464. The maximum atomic E-state index is 13.8. The van der Waals surface area contributed by atoms with Crippen LogP contribution in [0.3, 0.4) is 0 Å². The predicted octanol–water partition coefficient (Wildman–Crippen LogP) is 10.6. The van der Waals surface area contributed by atoms with E-state index in [2.05, 4.69) is 20.1 Å². The molecule has 1 atom stereocenters. The minimum Gasteiger partial charge on any atom is -0.457 e. The second-order valence-electron chi connectivity index (χ2n) is 13.8. The molecule has 3 aromatic rings. The lowest BCUT2D eigenvalue weighted by Gasteiger charge is -2.15. The quantitative estimate of drug-likeness (QED) is 0.0173. The first-order valence-electron chi connectivity index (χ1n) is 20.1. The summed E-state index contributed by atoms with van der Waals surface area (Å²) in [6.07, 6.45) is 21.5. The van der Waals surface area contributed by atoms with Gasteiger partial charge in [-0.2, -0.15) is 0 Å². The van der Waals surface area contributed by atoms with Gasteiger partial charge in [-0.25, -0.2) is 19.2 Å². The average Bonchev–Trinajstić information content (AvgIpc) is 3.25. The van der Waals surface area contributed by atoms with Crippen LogP contribution in [0, 0.1) is 5.92 Å². The second kappa shape index (κ2) is 27.4. The Hall–Kier alpha value is -6.23. The Morgan fingerprint density at radius 2 is 1.00 bits per heavy atom. The van der Waals surface area contributed by atoms with Gasteiger partial charge >= 0.3 is 23.9 Å². The number of unbranched alkanes of at least 4 members (excludes halogenated alkanes) is 10. The SMILES string of the molecule is C=CC(=O)OCOc1ccc(C=CC(=O)Oc2ccc(OC(=O)C=Cc3ccc(OCOC(=O)C=C)cc3)c(C(=O)C(C)CCCCCCCCCCCCC)c2)cc1. The number of carbonyl (C=O) groups excluding carboxylic acids is 5. The molecule has 0 aliphatic rings. The Bertz CT molecular complexity index is 1870. The van der Waals surface area contributed by atoms with Gasteiger partial charge in [0.2, 0.25) is 13.6 Å². The van der Waals surface area contributed by atoms with Crippen LogP contribution in [0.15, 0.2) is 104 Å². The van der Waals surface area contributed by atoms with Crippen LogP contribution in [0.2, 0.25) is 0 Å². The van der Waals surface area contributed by atoms with E-state index in [0.717, 1.165) is 31.4 Å². The van der Waals surface area contributed by atoms with Crippen molar-refractivity contribution in [3.8, 4) is 23.0 Å². The van der Waals surface area contributed by atoms with Gasteiger partial charge in [-0.3, -0.25) is 4.79 Å². The maximum Gasteiger partial charge on any atom is 0.336 e. The lowest BCUT2D eigenvalue weighted by molar-refractivity contribution is -0.145. The van der Waals surface area contributed by atoms with Gasteiger partial charge in [0.25, 0.3) is 0 Å². The number of esters is 4. The summed E-state index contributed by atoms with van der Waals surface area (Å²) in [6, 6.07) is 17.7. The number of carbonyl (C=O) groups is 5. The molecule has 0 heterocycles. The van der Waals surface area contributed by atoms with Gasteiger partial charge in [0.15, 0.2) is 5.78 Å². The third-order valence-corrected chi connectivity index (χ3v) is 9.10. The Morgan fingerprint density at radius 3 is 1.47 bits per heavy atom. The fourth-order valence-corrected chi connectivity index (χ4v) is 5.77. The smallest absolute Gasteiger partial charge is 0.336 e. The number of ether oxygens (including phenoxy) is 6. The molecule has 0 aliphatic heterocycles. The molecule has 3 aromatic carbocycles. The number of hydrogen-bond acceptors (Lipinski definition) is 11. The lowest BCUT2D eigenvalue weighted by Crippen LogP contribution is -2.15. The number of Topliss-reactive ketones (excluding diaryl/α,β-unsaturated/α-hetero) is 1. The highest BCUT2D eigenvalue weighted by molar-refractivity contribution is 6.02. The Balaban J connectivity index is 1.64. The summed E-state index contributed by atoms with van der Waals surface area (Å²) in [5.41, 5.74) is 1.47. The molecule has 1 unspecified atom stereocenters. The van der Waals surface area contributed by atoms with Crippen molar-refractivity contribution in [2.75, 3.05) is 13.6 Å². The van der Waals surface area contributed by atoms with Crippen molar-refractivity contribution in [2.24, 2.45) is 5.92 Å². The number of rotatable bonds is 28. The zero-order valence-electron chi connectivity index (χ0n) is 34.2. The molecule has 0 aromatic heterocycles. The summed E-state index contributed by atoms with van der Waals surface area (Å²) in [7, 11) is 0. The van der Waals surface area contributed by atoms with Crippen molar-refractivity contribution in [3.05, 3.63) is 121 Å². The van der Waals surface area contributed by atoms with Crippen molar-refractivity contribution in [3.63, 3.8) is 0 Å². The van der Waals surface area contributed by atoms with Crippen LogP contribution in [0.5, 0.6) is 23.0 Å². The molecule has 0 saturated carbocycles. The first-order valence-corrected chi connectivity index (χ1v) is 20.1. The van der Waals surface area contributed by atoms with Gasteiger partial charge in [-0.15, -0.1) is 0 Å². The van der Waals surface area contributed by atoms with Crippen LogP contribution >= 0.6 is 0 Å². The van der Waals surface area contributed by atoms with Crippen molar-refractivity contribution < 1.29 is 52.4 Å². The number of benzene rings is 3. The molecule has 0 spiro atoms. The molecule has 0 aliphatic carbocycles. The van der Waals surface area contributed by atoms with Crippen LogP contribution in [-0.2, 0) is 28.7 Å². The molecular formula is C48H56O11. The van der Waals surface area contributed by atoms with Crippen LogP contribution in [0.4, 0.5) is 0 Å². The molecule has 3 rings (SSSR count).